The first-order chi connectivity index (χ1) is 10.3. The van der Waals surface area contributed by atoms with E-state index in [9.17, 15) is 0 Å². The van der Waals surface area contributed by atoms with Gasteiger partial charge < -0.3 is 9.84 Å². The topological polar surface area (TPSA) is 51.0 Å². The monoisotopic (exact) mass is 361 g/mol. The summed E-state index contributed by atoms with van der Waals surface area (Å²) in [6.45, 7) is 0.836. The Morgan fingerprint density at radius 2 is 2.14 bits per heavy atom. The lowest BCUT2D eigenvalue weighted by atomic mass is 9.96. The Labute approximate surface area is 134 Å². The van der Waals surface area contributed by atoms with Crippen LogP contribution in [-0.2, 0) is 13.0 Å². The molecule has 0 saturated carbocycles. The lowest BCUT2D eigenvalue weighted by Crippen LogP contribution is -2.28. The standard InChI is InChI=1S/C15H12BrN3OS/c16-11-6-13(21-8-11)14-18-15(20-19-14)12-5-9-3-1-2-4-10(9)7-17-12/h1-4,6,8,12,17H,5,7H2/t12-/m1/s1. The third-order valence-corrected chi connectivity index (χ3v) is 5.30. The molecule has 0 fully saturated rings. The van der Waals surface area contributed by atoms with Crippen molar-refractivity contribution in [1.82, 2.24) is 15.5 Å². The molecule has 0 amide bonds. The maximum Gasteiger partial charge on any atom is 0.244 e. The van der Waals surface area contributed by atoms with Gasteiger partial charge in [0.15, 0.2) is 0 Å². The molecule has 1 aromatic carbocycles. The van der Waals surface area contributed by atoms with Gasteiger partial charge in [-0.05, 0) is 39.5 Å². The lowest BCUT2D eigenvalue weighted by molar-refractivity contribution is 0.321. The maximum atomic E-state index is 5.45. The number of hydrogen-bond acceptors (Lipinski definition) is 5. The highest BCUT2D eigenvalue weighted by Gasteiger charge is 2.24. The predicted molar refractivity (Wildman–Crippen MR) is 85.0 cm³/mol. The lowest BCUT2D eigenvalue weighted by Gasteiger charge is -2.23. The molecule has 1 aliphatic rings. The van der Waals surface area contributed by atoms with Crippen LogP contribution < -0.4 is 5.32 Å². The average molecular weight is 362 g/mol. The SMILES string of the molecule is Brc1csc(-c2noc([C@H]3Cc4ccccc4CN3)n2)c1. The van der Waals surface area contributed by atoms with Crippen LogP contribution in [0.1, 0.15) is 23.1 Å². The summed E-state index contributed by atoms with van der Waals surface area (Å²) in [5.41, 5.74) is 2.69. The maximum absolute atomic E-state index is 5.45. The molecular weight excluding hydrogens is 350 g/mol. The fraction of sp³-hybridized carbons (Fsp3) is 0.200. The van der Waals surface area contributed by atoms with Gasteiger partial charge in [0.25, 0.3) is 0 Å². The molecular formula is C15H12BrN3OS. The van der Waals surface area contributed by atoms with E-state index in [4.69, 9.17) is 4.52 Å². The molecule has 0 radical (unpaired) electrons. The summed E-state index contributed by atoms with van der Waals surface area (Å²) >= 11 is 5.04. The van der Waals surface area contributed by atoms with Crippen LogP contribution in [0, 0.1) is 0 Å². The Morgan fingerprint density at radius 3 is 2.95 bits per heavy atom. The molecule has 21 heavy (non-hydrogen) atoms. The van der Waals surface area contributed by atoms with Crippen LogP contribution >= 0.6 is 27.3 Å². The smallest absolute Gasteiger partial charge is 0.244 e. The fourth-order valence-electron chi connectivity index (χ4n) is 2.54. The minimum atomic E-state index is 0.0875. The highest BCUT2D eigenvalue weighted by molar-refractivity contribution is 9.10. The Balaban J connectivity index is 1.60. The fourth-order valence-corrected chi connectivity index (χ4v) is 3.89. The molecule has 0 aliphatic carbocycles. The van der Waals surface area contributed by atoms with E-state index in [2.05, 4.69) is 55.7 Å². The van der Waals surface area contributed by atoms with Gasteiger partial charge in [0.2, 0.25) is 11.7 Å². The molecule has 4 nitrogen and oxygen atoms in total. The number of hydrogen-bond donors (Lipinski definition) is 1. The number of nitrogens with one attached hydrogen (secondary N) is 1. The molecule has 0 unspecified atom stereocenters. The van der Waals surface area contributed by atoms with Crippen molar-refractivity contribution in [3.8, 4) is 10.7 Å². The van der Waals surface area contributed by atoms with E-state index in [0.29, 0.717) is 11.7 Å². The molecule has 1 N–H and O–H groups in total. The molecule has 6 heteroatoms. The largest absolute Gasteiger partial charge is 0.337 e. The van der Waals surface area contributed by atoms with Crippen LogP contribution in [0.4, 0.5) is 0 Å². The number of rotatable bonds is 2. The third kappa shape index (κ3) is 2.54. The summed E-state index contributed by atoms with van der Waals surface area (Å²) in [4.78, 5) is 5.55. The number of halogens is 1. The average Bonchev–Trinajstić information content (AvgIpc) is 3.15. The van der Waals surface area contributed by atoms with Crippen molar-refractivity contribution in [3.05, 3.63) is 57.2 Å². The molecule has 3 heterocycles. The Hall–Kier alpha value is -1.50. The molecule has 3 aromatic rings. The third-order valence-electron chi connectivity index (χ3n) is 3.61. The summed E-state index contributed by atoms with van der Waals surface area (Å²) in [7, 11) is 0. The van der Waals surface area contributed by atoms with E-state index in [-0.39, 0.29) is 6.04 Å². The van der Waals surface area contributed by atoms with Gasteiger partial charge in [0.1, 0.15) is 0 Å². The number of benzene rings is 1. The second kappa shape index (κ2) is 5.36. The van der Waals surface area contributed by atoms with E-state index >= 15 is 0 Å². The van der Waals surface area contributed by atoms with Crippen molar-refractivity contribution < 1.29 is 4.52 Å². The molecule has 1 aliphatic heterocycles. The van der Waals surface area contributed by atoms with Gasteiger partial charge in [-0.2, -0.15) is 4.98 Å². The minimum Gasteiger partial charge on any atom is -0.337 e. The van der Waals surface area contributed by atoms with Gasteiger partial charge in [-0.3, -0.25) is 0 Å². The Bertz CT molecular complexity index is 783. The first-order valence-electron chi connectivity index (χ1n) is 6.68. The number of aromatic nitrogens is 2. The molecule has 2 aromatic heterocycles. The molecule has 0 saturated heterocycles. The molecule has 0 bridgehead atoms. The van der Waals surface area contributed by atoms with Gasteiger partial charge in [-0.1, -0.05) is 29.4 Å². The highest BCUT2D eigenvalue weighted by Crippen LogP contribution is 2.30. The van der Waals surface area contributed by atoms with Gasteiger partial charge in [-0.15, -0.1) is 11.3 Å². The number of thiophene rings is 1. The van der Waals surface area contributed by atoms with Crippen molar-refractivity contribution in [2.45, 2.75) is 19.0 Å². The first kappa shape index (κ1) is 13.2. The van der Waals surface area contributed by atoms with Crippen molar-refractivity contribution >= 4 is 27.3 Å². The molecule has 1 atom stereocenters. The Morgan fingerprint density at radius 1 is 1.29 bits per heavy atom. The van der Waals surface area contributed by atoms with Crippen molar-refractivity contribution in [2.75, 3.05) is 0 Å². The molecule has 0 spiro atoms. The second-order valence-electron chi connectivity index (χ2n) is 4.99. The summed E-state index contributed by atoms with van der Waals surface area (Å²) in [5, 5.41) is 9.57. The van der Waals surface area contributed by atoms with Crippen LogP contribution in [0.25, 0.3) is 10.7 Å². The first-order valence-corrected chi connectivity index (χ1v) is 8.35. The van der Waals surface area contributed by atoms with Gasteiger partial charge in [0.05, 0.1) is 10.9 Å². The zero-order valence-corrected chi connectivity index (χ0v) is 13.4. The molecule has 4 rings (SSSR count). The van der Waals surface area contributed by atoms with Gasteiger partial charge in [0, 0.05) is 16.4 Å². The van der Waals surface area contributed by atoms with E-state index in [1.165, 1.54) is 11.1 Å². The van der Waals surface area contributed by atoms with Crippen molar-refractivity contribution in [2.24, 2.45) is 0 Å². The van der Waals surface area contributed by atoms with E-state index < -0.39 is 0 Å². The predicted octanol–water partition coefficient (Wildman–Crippen LogP) is 3.95. The van der Waals surface area contributed by atoms with E-state index in [0.717, 1.165) is 22.3 Å². The summed E-state index contributed by atoms with van der Waals surface area (Å²) in [6, 6.07) is 10.6. The van der Waals surface area contributed by atoms with Crippen molar-refractivity contribution in [1.29, 1.82) is 0 Å². The van der Waals surface area contributed by atoms with Gasteiger partial charge >= 0.3 is 0 Å². The van der Waals surface area contributed by atoms with E-state index in [1.54, 1.807) is 11.3 Å². The van der Waals surface area contributed by atoms with Crippen LogP contribution in [0.15, 0.2) is 44.7 Å². The zero-order valence-electron chi connectivity index (χ0n) is 11.0. The van der Waals surface area contributed by atoms with Gasteiger partial charge in [-0.25, -0.2) is 0 Å². The van der Waals surface area contributed by atoms with Crippen LogP contribution in [0.5, 0.6) is 0 Å². The second-order valence-corrected chi connectivity index (χ2v) is 6.82. The normalized spacial score (nSPS) is 17.7. The number of nitrogens with zero attached hydrogens (tertiary/aromatic N) is 2. The summed E-state index contributed by atoms with van der Waals surface area (Å²) in [5.74, 6) is 1.31. The summed E-state index contributed by atoms with van der Waals surface area (Å²) in [6.07, 6.45) is 0.881. The quantitative estimate of drug-likeness (QED) is 0.750. The van der Waals surface area contributed by atoms with Crippen LogP contribution in [0.2, 0.25) is 0 Å². The number of fused-ring (bicyclic) bond motifs is 1. The summed E-state index contributed by atoms with van der Waals surface area (Å²) < 4.78 is 6.49. The Kier molecular flexibility index (Phi) is 3.37. The van der Waals surface area contributed by atoms with E-state index in [1.807, 2.05) is 11.4 Å². The highest BCUT2D eigenvalue weighted by atomic mass is 79.9. The van der Waals surface area contributed by atoms with Crippen molar-refractivity contribution in [3.63, 3.8) is 0 Å². The zero-order chi connectivity index (χ0) is 14.2. The van der Waals surface area contributed by atoms with Crippen LogP contribution in [0.3, 0.4) is 0 Å². The minimum absolute atomic E-state index is 0.0875. The van der Waals surface area contributed by atoms with Crippen LogP contribution in [-0.4, -0.2) is 10.1 Å². The molecule has 106 valence electrons.